The number of halogens is 2. The van der Waals surface area contributed by atoms with Crippen LogP contribution in [0.1, 0.15) is 10.4 Å². The van der Waals surface area contributed by atoms with E-state index in [1.165, 1.54) is 12.1 Å². The minimum Gasteiger partial charge on any atom is -0.478 e. The largest absolute Gasteiger partial charge is 0.478 e. The fourth-order valence-corrected chi connectivity index (χ4v) is 2.64. The standard InChI is InChI=1S/C11H5Br2N3O5/c12-7-1-6(16(19)20)2-8(13)9(7)21-11-14-3-5(4-15-11)10(17)18/h1-4H,(H,17,18). The van der Waals surface area contributed by atoms with E-state index in [1.54, 1.807) is 0 Å². The molecule has 0 unspecified atom stereocenters. The molecule has 21 heavy (non-hydrogen) atoms. The third-order valence-corrected chi connectivity index (χ3v) is 3.44. The van der Waals surface area contributed by atoms with Crippen molar-refractivity contribution in [2.45, 2.75) is 0 Å². The van der Waals surface area contributed by atoms with Gasteiger partial charge in [-0.15, -0.1) is 0 Å². The van der Waals surface area contributed by atoms with Gasteiger partial charge in [-0.05, 0) is 31.9 Å². The molecule has 1 aromatic heterocycles. The predicted octanol–water partition coefficient (Wildman–Crippen LogP) is 3.40. The average Bonchev–Trinajstić information content (AvgIpc) is 2.43. The van der Waals surface area contributed by atoms with Gasteiger partial charge in [0, 0.05) is 24.5 Å². The molecular formula is C11H5Br2N3O5. The van der Waals surface area contributed by atoms with Crippen molar-refractivity contribution < 1.29 is 19.6 Å². The summed E-state index contributed by atoms with van der Waals surface area (Å²) in [6.07, 6.45) is 2.19. The van der Waals surface area contributed by atoms with Gasteiger partial charge in [0.1, 0.15) is 0 Å². The lowest BCUT2D eigenvalue weighted by Gasteiger charge is -2.08. The van der Waals surface area contributed by atoms with Gasteiger partial charge in [0.25, 0.3) is 5.69 Å². The Morgan fingerprint density at radius 2 is 1.76 bits per heavy atom. The molecule has 2 rings (SSSR count). The van der Waals surface area contributed by atoms with Gasteiger partial charge in [0.05, 0.1) is 19.4 Å². The summed E-state index contributed by atoms with van der Waals surface area (Å²) in [6, 6.07) is 2.45. The van der Waals surface area contributed by atoms with Crippen LogP contribution in [0.4, 0.5) is 5.69 Å². The molecule has 10 heteroatoms. The smallest absolute Gasteiger partial charge is 0.338 e. The van der Waals surface area contributed by atoms with Crippen molar-refractivity contribution in [3.05, 3.63) is 49.1 Å². The van der Waals surface area contributed by atoms with Crippen LogP contribution < -0.4 is 4.74 Å². The Kier molecular flexibility index (Phi) is 4.48. The molecule has 0 aliphatic heterocycles. The number of carboxylic acid groups (broad SMARTS) is 1. The van der Waals surface area contributed by atoms with Crippen molar-refractivity contribution in [2.75, 3.05) is 0 Å². The highest BCUT2D eigenvalue weighted by Gasteiger charge is 2.17. The van der Waals surface area contributed by atoms with E-state index >= 15 is 0 Å². The summed E-state index contributed by atoms with van der Waals surface area (Å²) >= 11 is 6.30. The molecule has 8 nitrogen and oxygen atoms in total. The summed E-state index contributed by atoms with van der Waals surface area (Å²) in [5, 5.41) is 19.5. The number of nitrogens with zero attached hydrogens (tertiary/aromatic N) is 3. The number of aromatic nitrogens is 2. The monoisotopic (exact) mass is 417 g/mol. The molecule has 0 aliphatic rings. The summed E-state index contributed by atoms with van der Waals surface area (Å²) in [6.45, 7) is 0. The predicted molar refractivity (Wildman–Crippen MR) is 77.6 cm³/mol. The highest BCUT2D eigenvalue weighted by atomic mass is 79.9. The first-order valence-corrected chi connectivity index (χ1v) is 6.83. The van der Waals surface area contributed by atoms with Gasteiger partial charge < -0.3 is 9.84 Å². The van der Waals surface area contributed by atoms with E-state index in [0.717, 1.165) is 12.4 Å². The molecule has 0 amide bonds. The van der Waals surface area contributed by atoms with Crippen molar-refractivity contribution in [3.8, 4) is 11.8 Å². The number of carbonyl (C=O) groups is 1. The molecule has 2 aromatic rings. The van der Waals surface area contributed by atoms with Crippen LogP contribution in [0.15, 0.2) is 33.5 Å². The van der Waals surface area contributed by atoms with Crippen LogP contribution in [0.5, 0.6) is 11.8 Å². The third-order valence-electron chi connectivity index (χ3n) is 2.26. The molecule has 1 N–H and O–H groups in total. The average molecular weight is 419 g/mol. The maximum absolute atomic E-state index is 10.7. The molecule has 0 saturated heterocycles. The van der Waals surface area contributed by atoms with E-state index < -0.39 is 10.9 Å². The lowest BCUT2D eigenvalue weighted by molar-refractivity contribution is -0.385. The van der Waals surface area contributed by atoms with E-state index in [-0.39, 0.29) is 23.0 Å². The maximum Gasteiger partial charge on any atom is 0.338 e. The van der Waals surface area contributed by atoms with Gasteiger partial charge in [0.15, 0.2) is 5.75 Å². The first kappa shape index (κ1) is 15.3. The number of non-ortho nitro benzene ring substituents is 1. The second kappa shape index (κ2) is 6.14. The first-order valence-electron chi connectivity index (χ1n) is 5.25. The lowest BCUT2D eigenvalue weighted by atomic mass is 10.3. The number of carboxylic acids is 1. The summed E-state index contributed by atoms with van der Waals surface area (Å²) in [7, 11) is 0. The summed E-state index contributed by atoms with van der Waals surface area (Å²) in [5.41, 5.74) is -0.201. The van der Waals surface area contributed by atoms with Crippen LogP contribution in [0, 0.1) is 10.1 Å². The van der Waals surface area contributed by atoms with Gasteiger partial charge in [-0.2, -0.15) is 0 Å². The van der Waals surface area contributed by atoms with Crippen LogP contribution in [0.3, 0.4) is 0 Å². The van der Waals surface area contributed by atoms with Crippen molar-refractivity contribution in [1.29, 1.82) is 0 Å². The minimum absolute atomic E-state index is 0.0795. The van der Waals surface area contributed by atoms with E-state index in [4.69, 9.17) is 9.84 Å². The number of aromatic carboxylic acids is 1. The second-order valence-electron chi connectivity index (χ2n) is 3.66. The van der Waals surface area contributed by atoms with Crippen molar-refractivity contribution in [3.63, 3.8) is 0 Å². The van der Waals surface area contributed by atoms with E-state index in [1.807, 2.05) is 0 Å². The zero-order valence-electron chi connectivity index (χ0n) is 9.99. The van der Waals surface area contributed by atoms with E-state index in [2.05, 4.69) is 41.8 Å². The number of nitro benzene ring substituents is 1. The Bertz CT molecular complexity index is 697. The minimum atomic E-state index is -1.15. The number of hydrogen-bond donors (Lipinski definition) is 1. The molecule has 0 fully saturated rings. The highest BCUT2D eigenvalue weighted by Crippen LogP contribution is 2.38. The van der Waals surface area contributed by atoms with E-state index in [9.17, 15) is 14.9 Å². The lowest BCUT2D eigenvalue weighted by Crippen LogP contribution is -2.00. The van der Waals surface area contributed by atoms with Crippen LogP contribution in [-0.4, -0.2) is 26.0 Å². The van der Waals surface area contributed by atoms with Crippen LogP contribution in [0.25, 0.3) is 0 Å². The van der Waals surface area contributed by atoms with Gasteiger partial charge in [-0.3, -0.25) is 10.1 Å². The Morgan fingerprint density at radius 1 is 1.24 bits per heavy atom. The van der Waals surface area contributed by atoms with Gasteiger partial charge in [-0.1, -0.05) is 0 Å². The number of ether oxygens (including phenoxy) is 1. The van der Waals surface area contributed by atoms with Crippen LogP contribution in [-0.2, 0) is 0 Å². The molecule has 0 radical (unpaired) electrons. The Labute approximate surface area is 134 Å². The number of rotatable bonds is 4. The normalized spacial score (nSPS) is 10.2. The summed E-state index contributed by atoms with van der Waals surface area (Å²) in [4.78, 5) is 28.3. The molecule has 0 aliphatic carbocycles. The van der Waals surface area contributed by atoms with Crippen molar-refractivity contribution >= 4 is 43.5 Å². The Hall–Kier alpha value is -2.07. The SMILES string of the molecule is O=C(O)c1cnc(Oc2c(Br)cc([N+](=O)[O-])cc2Br)nc1. The summed E-state index contributed by atoms with van der Waals surface area (Å²) < 4.78 is 6.03. The molecular weight excluding hydrogens is 414 g/mol. The second-order valence-corrected chi connectivity index (χ2v) is 5.37. The zero-order valence-corrected chi connectivity index (χ0v) is 13.2. The number of benzene rings is 1. The Morgan fingerprint density at radius 3 is 2.19 bits per heavy atom. The molecule has 1 aromatic carbocycles. The molecule has 0 spiro atoms. The van der Waals surface area contributed by atoms with Crippen LogP contribution >= 0.6 is 31.9 Å². The summed E-state index contributed by atoms with van der Waals surface area (Å²) in [5.74, 6) is -0.914. The van der Waals surface area contributed by atoms with Crippen molar-refractivity contribution in [2.24, 2.45) is 0 Å². The number of nitro groups is 1. The quantitative estimate of drug-likeness (QED) is 0.597. The van der Waals surface area contributed by atoms with E-state index in [0.29, 0.717) is 8.95 Å². The topological polar surface area (TPSA) is 115 Å². The third kappa shape index (κ3) is 3.52. The molecule has 0 saturated carbocycles. The van der Waals surface area contributed by atoms with Gasteiger partial charge in [-0.25, -0.2) is 14.8 Å². The Balaban J connectivity index is 2.31. The first-order chi connectivity index (χ1) is 9.88. The molecule has 0 atom stereocenters. The van der Waals surface area contributed by atoms with Crippen LogP contribution in [0.2, 0.25) is 0 Å². The van der Waals surface area contributed by atoms with Crippen molar-refractivity contribution in [1.82, 2.24) is 9.97 Å². The van der Waals surface area contributed by atoms with Gasteiger partial charge >= 0.3 is 12.0 Å². The fraction of sp³-hybridized carbons (Fsp3) is 0. The van der Waals surface area contributed by atoms with Gasteiger partial charge in [0.2, 0.25) is 0 Å². The maximum atomic E-state index is 10.7. The molecule has 108 valence electrons. The highest BCUT2D eigenvalue weighted by molar-refractivity contribution is 9.11. The fourth-order valence-electron chi connectivity index (χ4n) is 1.32. The number of hydrogen-bond acceptors (Lipinski definition) is 6. The zero-order chi connectivity index (χ0) is 15.6. The molecule has 1 heterocycles. The molecule has 0 bridgehead atoms.